The number of amides is 1. The van der Waals surface area contributed by atoms with E-state index in [1.165, 1.54) is 16.9 Å². The molecule has 0 saturated carbocycles. The summed E-state index contributed by atoms with van der Waals surface area (Å²) in [5, 5.41) is 12.1. The van der Waals surface area contributed by atoms with Crippen molar-refractivity contribution in [3.63, 3.8) is 0 Å². The smallest absolute Gasteiger partial charge is 0.246 e. The highest BCUT2D eigenvalue weighted by Crippen LogP contribution is 2.22. The molecular weight excluding hydrogens is 297 g/mol. The summed E-state index contributed by atoms with van der Waals surface area (Å²) >= 11 is 0. The Labute approximate surface area is 134 Å². The molecule has 122 valence electrons. The van der Waals surface area contributed by atoms with Crippen LogP contribution in [0.4, 0.5) is 4.39 Å². The zero-order valence-electron chi connectivity index (χ0n) is 13.3. The summed E-state index contributed by atoms with van der Waals surface area (Å²) in [6.45, 7) is 4.22. The largest absolute Gasteiger partial charge is 0.336 e. The van der Waals surface area contributed by atoms with Gasteiger partial charge in [0.1, 0.15) is 12.4 Å². The number of hydrogen-bond acceptors (Lipinski definition) is 4. The van der Waals surface area contributed by atoms with Crippen molar-refractivity contribution in [1.29, 1.82) is 0 Å². The average molecular weight is 317 g/mol. The van der Waals surface area contributed by atoms with Crippen LogP contribution in [0.2, 0.25) is 0 Å². The van der Waals surface area contributed by atoms with Gasteiger partial charge in [-0.05, 0) is 62.6 Å². The van der Waals surface area contributed by atoms with Crippen LogP contribution in [0.5, 0.6) is 0 Å². The van der Waals surface area contributed by atoms with Gasteiger partial charge in [0.25, 0.3) is 0 Å². The number of nitrogens with zero attached hydrogens (tertiary/aromatic N) is 5. The van der Waals surface area contributed by atoms with Crippen molar-refractivity contribution in [3.8, 4) is 11.4 Å². The van der Waals surface area contributed by atoms with Crippen LogP contribution in [0.15, 0.2) is 24.3 Å². The van der Waals surface area contributed by atoms with E-state index >= 15 is 0 Å². The molecule has 1 aliphatic heterocycles. The van der Waals surface area contributed by atoms with Crippen molar-refractivity contribution >= 4 is 5.91 Å². The van der Waals surface area contributed by atoms with E-state index in [1.807, 2.05) is 4.90 Å². The number of tetrazole rings is 1. The molecule has 7 heteroatoms. The first-order chi connectivity index (χ1) is 11.0. The molecule has 1 fully saturated rings. The van der Waals surface area contributed by atoms with E-state index < -0.39 is 0 Å². The normalized spacial score (nSPS) is 21.4. The van der Waals surface area contributed by atoms with Gasteiger partial charge in [-0.1, -0.05) is 0 Å². The fourth-order valence-electron chi connectivity index (χ4n) is 3.14. The number of carbonyl (C=O) groups is 1. The third kappa shape index (κ3) is 3.38. The second-order valence-electron chi connectivity index (χ2n) is 6.08. The SMILES string of the molecule is C[C@H]1CCC[C@H](C)N1C(=O)Cn1nnc(-c2ccc(F)cc2)n1. The van der Waals surface area contributed by atoms with E-state index in [1.54, 1.807) is 12.1 Å². The van der Waals surface area contributed by atoms with Crippen LogP contribution >= 0.6 is 0 Å². The highest BCUT2D eigenvalue weighted by molar-refractivity contribution is 5.76. The Hall–Kier alpha value is -2.31. The van der Waals surface area contributed by atoms with Gasteiger partial charge >= 0.3 is 0 Å². The lowest BCUT2D eigenvalue weighted by Gasteiger charge is -2.38. The number of benzene rings is 1. The number of halogens is 1. The van der Waals surface area contributed by atoms with Gasteiger partial charge in [-0.3, -0.25) is 4.79 Å². The fourth-order valence-corrected chi connectivity index (χ4v) is 3.14. The minimum Gasteiger partial charge on any atom is -0.336 e. The molecular formula is C16H20FN5O. The number of hydrogen-bond donors (Lipinski definition) is 0. The first-order valence-corrected chi connectivity index (χ1v) is 7.89. The average Bonchev–Trinajstić information content (AvgIpc) is 2.96. The van der Waals surface area contributed by atoms with Crippen LogP contribution in [0, 0.1) is 5.82 Å². The summed E-state index contributed by atoms with van der Waals surface area (Å²) in [6, 6.07) is 6.36. The van der Waals surface area contributed by atoms with Gasteiger partial charge in [-0.25, -0.2) is 4.39 Å². The first-order valence-electron chi connectivity index (χ1n) is 7.89. The molecule has 1 saturated heterocycles. The summed E-state index contributed by atoms with van der Waals surface area (Å²) in [5.41, 5.74) is 0.671. The zero-order valence-corrected chi connectivity index (χ0v) is 13.3. The van der Waals surface area contributed by atoms with Crippen LogP contribution in [-0.4, -0.2) is 43.1 Å². The Kier molecular flexibility index (Phi) is 4.36. The molecule has 2 aromatic rings. The van der Waals surface area contributed by atoms with Gasteiger partial charge in [0.2, 0.25) is 11.7 Å². The minimum absolute atomic E-state index is 0.00718. The van der Waals surface area contributed by atoms with E-state index in [0.29, 0.717) is 11.4 Å². The molecule has 1 amide bonds. The summed E-state index contributed by atoms with van der Waals surface area (Å²) in [4.78, 5) is 15.7. The predicted molar refractivity (Wildman–Crippen MR) is 82.8 cm³/mol. The molecule has 0 spiro atoms. The standard InChI is InChI=1S/C16H20FN5O/c1-11-4-3-5-12(2)22(11)15(23)10-21-19-16(18-20-21)13-6-8-14(17)9-7-13/h6-9,11-12H,3-5,10H2,1-2H3/t11-,12-/m0/s1. The van der Waals surface area contributed by atoms with Crippen molar-refractivity contribution in [2.24, 2.45) is 0 Å². The zero-order chi connectivity index (χ0) is 16.4. The molecule has 2 heterocycles. The Morgan fingerprint density at radius 3 is 2.52 bits per heavy atom. The molecule has 23 heavy (non-hydrogen) atoms. The van der Waals surface area contributed by atoms with Crippen LogP contribution < -0.4 is 0 Å². The Morgan fingerprint density at radius 2 is 1.87 bits per heavy atom. The van der Waals surface area contributed by atoms with E-state index in [4.69, 9.17) is 0 Å². The number of carbonyl (C=O) groups excluding carboxylic acids is 1. The van der Waals surface area contributed by atoms with Crippen LogP contribution in [0.25, 0.3) is 11.4 Å². The predicted octanol–water partition coefficient (Wildman–Crippen LogP) is 2.27. The van der Waals surface area contributed by atoms with Crippen molar-refractivity contribution in [2.45, 2.75) is 51.7 Å². The van der Waals surface area contributed by atoms with Crippen LogP contribution in [-0.2, 0) is 11.3 Å². The summed E-state index contributed by atoms with van der Waals surface area (Å²) in [5.74, 6) is 0.0784. The highest BCUT2D eigenvalue weighted by Gasteiger charge is 2.29. The lowest BCUT2D eigenvalue weighted by molar-refractivity contribution is -0.138. The second kappa shape index (κ2) is 6.44. The molecule has 1 aromatic carbocycles. The Balaban J connectivity index is 1.71. The molecule has 1 aromatic heterocycles. The maximum absolute atomic E-state index is 12.9. The molecule has 0 N–H and O–H groups in total. The van der Waals surface area contributed by atoms with Gasteiger partial charge < -0.3 is 4.90 Å². The van der Waals surface area contributed by atoms with Gasteiger partial charge in [-0.15, -0.1) is 10.2 Å². The number of piperidine rings is 1. The summed E-state index contributed by atoms with van der Waals surface area (Å²) in [7, 11) is 0. The second-order valence-corrected chi connectivity index (χ2v) is 6.08. The molecule has 6 nitrogen and oxygen atoms in total. The monoisotopic (exact) mass is 317 g/mol. The highest BCUT2D eigenvalue weighted by atomic mass is 19.1. The van der Waals surface area contributed by atoms with Crippen molar-refractivity contribution in [3.05, 3.63) is 30.1 Å². The molecule has 0 aliphatic carbocycles. The molecule has 2 atom stereocenters. The molecule has 3 rings (SSSR count). The number of rotatable bonds is 3. The van der Waals surface area contributed by atoms with E-state index in [2.05, 4.69) is 29.3 Å². The van der Waals surface area contributed by atoms with Crippen molar-refractivity contribution in [1.82, 2.24) is 25.1 Å². The maximum Gasteiger partial charge on any atom is 0.246 e. The number of aromatic nitrogens is 4. The van der Waals surface area contributed by atoms with Crippen LogP contribution in [0.1, 0.15) is 33.1 Å². The Morgan fingerprint density at radius 1 is 1.22 bits per heavy atom. The van der Waals surface area contributed by atoms with Gasteiger partial charge in [0, 0.05) is 17.6 Å². The first kappa shape index (κ1) is 15.6. The van der Waals surface area contributed by atoms with Crippen LogP contribution in [0.3, 0.4) is 0 Å². The number of likely N-dealkylation sites (tertiary alicyclic amines) is 1. The summed E-state index contributed by atoms with van der Waals surface area (Å²) in [6.07, 6.45) is 3.21. The molecule has 0 bridgehead atoms. The van der Waals surface area contributed by atoms with Crippen molar-refractivity contribution in [2.75, 3.05) is 0 Å². The third-order valence-electron chi connectivity index (χ3n) is 4.31. The lowest BCUT2D eigenvalue weighted by Crippen LogP contribution is -2.48. The summed E-state index contributed by atoms with van der Waals surface area (Å²) < 4.78 is 12.9. The topological polar surface area (TPSA) is 63.9 Å². The van der Waals surface area contributed by atoms with E-state index in [-0.39, 0.29) is 30.4 Å². The van der Waals surface area contributed by atoms with E-state index in [9.17, 15) is 9.18 Å². The van der Waals surface area contributed by atoms with Gasteiger partial charge in [0.15, 0.2) is 0 Å². The molecule has 0 radical (unpaired) electrons. The molecule has 0 unspecified atom stereocenters. The fraction of sp³-hybridized carbons (Fsp3) is 0.500. The van der Waals surface area contributed by atoms with Gasteiger partial charge in [-0.2, -0.15) is 4.80 Å². The third-order valence-corrected chi connectivity index (χ3v) is 4.31. The van der Waals surface area contributed by atoms with E-state index in [0.717, 1.165) is 19.3 Å². The minimum atomic E-state index is -0.315. The Bertz CT molecular complexity index is 674. The maximum atomic E-state index is 12.9. The lowest BCUT2D eigenvalue weighted by atomic mass is 9.97. The quantitative estimate of drug-likeness (QED) is 0.871. The van der Waals surface area contributed by atoms with Crippen molar-refractivity contribution < 1.29 is 9.18 Å². The van der Waals surface area contributed by atoms with Gasteiger partial charge in [0.05, 0.1) is 0 Å². The molecule has 1 aliphatic rings.